The van der Waals surface area contributed by atoms with Crippen molar-refractivity contribution in [3.63, 3.8) is 0 Å². The van der Waals surface area contributed by atoms with Gasteiger partial charge in [0.15, 0.2) is 0 Å². The molecule has 0 N–H and O–H groups in total. The summed E-state index contributed by atoms with van der Waals surface area (Å²) in [6.07, 6.45) is 4.70. The van der Waals surface area contributed by atoms with Crippen LogP contribution in [0, 0.1) is 0 Å². The van der Waals surface area contributed by atoms with Gasteiger partial charge in [-0.1, -0.05) is 0 Å². The van der Waals surface area contributed by atoms with Crippen molar-refractivity contribution in [2.75, 3.05) is 0 Å². The van der Waals surface area contributed by atoms with E-state index in [1.807, 2.05) is 0 Å². The van der Waals surface area contributed by atoms with Crippen LogP contribution in [-0.4, -0.2) is 27.6 Å². The average Bonchev–Trinajstić information content (AvgIpc) is 2.87. The molecule has 0 atom stereocenters. The fourth-order valence-electron chi connectivity index (χ4n) is 1.75. The summed E-state index contributed by atoms with van der Waals surface area (Å²) in [4.78, 5) is 11.7. The Balaban J connectivity index is 2.59. The molecule has 1 rings (SSSR count). The Hall–Kier alpha value is -0.588. The zero-order valence-corrected chi connectivity index (χ0v) is 14.6. The Kier molecular flexibility index (Phi) is 5.94. The summed E-state index contributed by atoms with van der Waals surface area (Å²) in [6, 6.07) is 3.60. The predicted octanol–water partition coefficient (Wildman–Crippen LogP) is 3.84. The van der Waals surface area contributed by atoms with Crippen LogP contribution in [0.2, 0.25) is 11.9 Å². The van der Waals surface area contributed by atoms with E-state index in [4.69, 9.17) is 7.10 Å². The van der Waals surface area contributed by atoms with Gasteiger partial charge in [-0.05, 0) is 0 Å². The summed E-state index contributed by atoms with van der Waals surface area (Å²) in [5.74, 6) is 0.460. The van der Waals surface area contributed by atoms with Crippen molar-refractivity contribution in [1.82, 2.24) is 0 Å². The SMILES string of the molecule is C[CH2][Pb]([CH2]C)([CH2]C)[O]C(=O)/C=C/c1ccco1. The predicted molar refractivity (Wildman–Crippen MR) is 71.0 cm³/mol. The molecular formula is C13H20O3Pb. The van der Waals surface area contributed by atoms with Crippen LogP contribution in [0.4, 0.5) is 0 Å². The second-order valence-electron chi connectivity index (χ2n) is 4.01. The van der Waals surface area contributed by atoms with E-state index in [1.54, 1.807) is 24.5 Å². The van der Waals surface area contributed by atoms with E-state index < -0.39 is 21.6 Å². The second kappa shape index (κ2) is 6.98. The molecule has 0 radical (unpaired) electrons. The zero-order valence-electron chi connectivity index (χ0n) is 10.7. The van der Waals surface area contributed by atoms with Crippen LogP contribution < -0.4 is 0 Å². The molecule has 3 nitrogen and oxygen atoms in total. The molecule has 0 aliphatic rings. The normalized spacial score (nSPS) is 11.9. The van der Waals surface area contributed by atoms with Crippen LogP contribution in [0.1, 0.15) is 26.5 Å². The van der Waals surface area contributed by atoms with E-state index in [-0.39, 0.29) is 5.97 Å². The Morgan fingerprint density at radius 2 is 2.00 bits per heavy atom. The third-order valence-corrected chi connectivity index (χ3v) is 20.7. The van der Waals surface area contributed by atoms with E-state index in [0.29, 0.717) is 5.76 Å². The molecule has 1 aromatic rings. The van der Waals surface area contributed by atoms with Crippen LogP contribution in [-0.2, 0) is 7.48 Å². The second-order valence-corrected chi connectivity index (χ2v) is 22.3. The molecule has 1 heterocycles. The van der Waals surface area contributed by atoms with Crippen LogP contribution >= 0.6 is 0 Å². The summed E-state index contributed by atoms with van der Waals surface area (Å²) in [5.41, 5.74) is 0. The van der Waals surface area contributed by atoms with Gasteiger partial charge in [-0.2, -0.15) is 0 Å². The van der Waals surface area contributed by atoms with Crippen molar-refractivity contribution in [2.45, 2.75) is 32.7 Å². The Bertz CT molecular complexity index is 356. The first kappa shape index (κ1) is 14.5. The van der Waals surface area contributed by atoms with E-state index in [1.165, 1.54) is 6.08 Å². The number of carbonyl (C=O) groups is 1. The number of hydrogen-bond donors (Lipinski definition) is 0. The van der Waals surface area contributed by atoms with E-state index in [9.17, 15) is 4.79 Å². The Morgan fingerprint density at radius 1 is 1.35 bits per heavy atom. The molecule has 0 fully saturated rings. The summed E-state index contributed by atoms with van der Waals surface area (Å²) >= 11 is -2.74. The number of carbonyl (C=O) groups excluding carboxylic acids is 1. The van der Waals surface area contributed by atoms with Gasteiger partial charge < -0.3 is 0 Å². The minimum atomic E-state index is -2.74. The van der Waals surface area contributed by atoms with Gasteiger partial charge >= 0.3 is 109 Å². The van der Waals surface area contributed by atoms with Crippen molar-refractivity contribution < 1.29 is 11.9 Å². The Labute approximate surface area is 108 Å². The molecule has 0 amide bonds. The van der Waals surface area contributed by atoms with Crippen LogP contribution in [0.3, 0.4) is 0 Å². The van der Waals surface area contributed by atoms with Crippen LogP contribution in [0.15, 0.2) is 28.9 Å². The summed E-state index contributed by atoms with van der Waals surface area (Å²) < 4.78 is 14.0. The number of furan rings is 1. The molecule has 94 valence electrons. The van der Waals surface area contributed by atoms with E-state index >= 15 is 0 Å². The monoisotopic (exact) mass is 432 g/mol. The van der Waals surface area contributed by atoms with Crippen molar-refractivity contribution in [2.24, 2.45) is 0 Å². The standard InChI is InChI=1S/C7H6O3.3C2H5.Pb/c8-7(9)4-3-6-2-1-5-10-6;3*1-2;/h1-5H,(H,8,9);3*1H2,2H3;/q;;;;+1/p-1/b4-3+;;;;. The molecular weight excluding hydrogens is 411 g/mol. The molecule has 4 heteroatoms. The van der Waals surface area contributed by atoms with E-state index in [2.05, 4.69) is 20.8 Å². The number of rotatable bonds is 6. The first-order chi connectivity index (χ1) is 8.15. The van der Waals surface area contributed by atoms with Gasteiger partial charge in [0.1, 0.15) is 0 Å². The molecule has 0 saturated carbocycles. The maximum atomic E-state index is 11.7. The fraction of sp³-hybridized carbons (Fsp3) is 0.462. The van der Waals surface area contributed by atoms with Crippen molar-refractivity contribution in [3.05, 3.63) is 30.2 Å². The fourth-order valence-corrected chi connectivity index (χ4v) is 11.2. The molecule has 0 bridgehead atoms. The molecule has 1 aromatic heterocycles. The molecule has 0 saturated heterocycles. The van der Waals surface area contributed by atoms with E-state index in [0.717, 1.165) is 11.9 Å². The van der Waals surface area contributed by atoms with Gasteiger partial charge in [0.05, 0.1) is 0 Å². The summed E-state index contributed by atoms with van der Waals surface area (Å²) in [7, 11) is 0. The molecule has 0 spiro atoms. The Morgan fingerprint density at radius 3 is 2.47 bits per heavy atom. The first-order valence-corrected chi connectivity index (χ1v) is 15.9. The summed E-state index contributed by atoms with van der Waals surface area (Å²) in [6.45, 7) is 6.41. The van der Waals surface area contributed by atoms with Crippen LogP contribution in [0.5, 0.6) is 0 Å². The minimum absolute atomic E-state index is 0.214. The molecule has 0 aliphatic carbocycles. The van der Waals surface area contributed by atoms with Gasteiger partial charge in [0.2, 0.25) is 0 Å². The molecule has 0 aliphatic heterocycles. The van der Waals surface area contributed by atoms with Crippen molar-refractivity contribution in [3.8, 4) is 0 Å². The van der Waals surface area contributed by atoms with Crippen molar-refractivity contribution in [1.29, 1.82) is 0 Å². The third kappa shape index (κ3) is 4.29. The van der Waals surface area contributed by atoms with Gasteiger partial charge in [-0.15, -0.1) is 0 Å². The molecule has 0 aromatic carbocycles. The third-order valence-electron chi connectivity index (χ3n) is 3.18. The molecule has 0 unspecified atom stereocenters. The molecule has 17 heavy (non-hydrogen) atoms. The zero-order chi connectivity index (χ0) is 12.7. The van der Waals surface area contributed by atoms with Crippen molar-refractivity contribution >= 4 is 33.7 Å². The summed E-state index contributed by atoms with van der Waals surface area (Å²) in [5, 5.41) is 0. The van der Waals surface area contributed by atoms with Gasteiger partial charge in [0, 0.05) is 0 Å². The van der Waals surface area contributed by atoms with Crippen LogP contribution in [0.25, 0.3) is 6.08 Å². The number of hydrogen-bond acceptors (Lipinski definition) is 3. The van der Waals surface area contributed by atoms with Gasteiger partial charge in [-0.25, -0.2) is 0 Å². The van der Waals surface area contributed by atoms with Gasteiger partial charge in [0.25, 0.3) is 0 Å². The quantitative estimate of drug-likeness (QED) is 0.508. The maximum absolute atomic E-state index is 11.7. The topological polar surface area (TPSA) is 39.4 Å². The first-order valence-electron chi connectivity index (χ1n) is 6.10. The average molecular weight is 432 g/mol. The van der Waals surface area contributed by atoms with Gasteiger partial charge in [-0.3, -0.25) is 0 Å².